The molecule has 0 unspecified atom stereocenters. The van der Waals surface area contributed by atoms with E-state index in [0.29, 0.717) is 18.7 Å². The van der Waals surface area contributed by atoms with Crippen LogP contribution >= 0.6 is 0 Å². The molecule has 0 aliphatic heterocycles. The van der Waals surface area contributed by atoms with Crippen molar-refractivity contribution in [3.8, 4) is 0 Å². The molecule has 2 atom stereocenters. The van der Waals surface area contributed by atoms with Gasteiger partial charge in [-0.3, -0.25) is 0 Å². The molecule has 0 aliphatic rings. The van der Waals surface area contributed by atoms with Crippen molar-refractivity contribution in [2.45, 2.75) is 12.2 Å². The molecule has 0 radical (unpaired) electrons. The molecule has 0 aromatic heterocycles. The van der Waals surface area contributed by atoms with Crippen LogP contribution in [0.5, 0.6) is 0 Å². The minimum absolute atomic E-state index is 0.261. The molecule has 0 aliphatic carbocycles. The molecule has 0 amide bonds. The van der Waals surface area contributed by atoms with E-state index in [0.717, 1.165) is 0 Å². The molecule has 0 spiro atoms. The number of halogens is 1. The largest absolute Gasteiger partial charge is 0.389 e. The number of ether oxygens (including phenoxy) is 1. The van der Waals surface area contributed by atoms with E-state index in [4.69, 9.17) is 4.74 Å². The Morgan fingerprint density at radius 3 is 2.39 bits per heavy atom. The van der Waals surface area contributed by atoms with Gasteiger partial charge in [-0.15, -0.1) is 0 Å². The SMILES string of the molecule is COC[C@H](O)CN(C)C[C@@H](O)c1ccc(F)cc1. The molecule has 0 bridgehead atoms. The predicted molar refractivity (Wildman–Crippen MR) is 66.7 cm³/mol. The van der Waals surface area contributed by atoms with Crippen molar-refractivity contribution in [3.63, 3.8) is 0 Å². The van der Waals surface area contributed by atoms with Gasteiger partial charge in [0.2, 0.25) is 0 Å². The lowest BCUT2D eigenvalue weighted by Gasteiger charge is -2.23. The summed E-state index contributed by atoms with van der Waals surface area (Å²) in [4.78, 5) is 1.80. The number of hydrogen-bond acceptors (Lipinski definition) is 4. The van der Waals surface area contributed by atoms with Crippen molar-refractivity contribution >= 4 is 0 Å². The van der Waals surface area contributed by atoms with E-state index in [-0.39, 0.29) is 12.4 Å². The highest BCUT2D eigenvalue weighted by molar-refractivity contribution is 5.18. The number of rotatable bonds is 7. The molecule has 0 fully saturated rings. The molecule has 0 saturated carbocycles. The molecule has 1 rings (SSSR count). The molecule has 2 N–H and O–H groups in total. The summed E-state index contributed by atoms with van der Waals surface area (Å²) < 4.78 is 17.6. The molecule has 1 aromatic carbocycles. The molecular weight excluding hydrogens is 237 g/mol. The first kappa shape index (κ1) is 15.0. The first-order chi connectivity index (χ1) is 8.52. The van der Waals surface area contributed by atoms with Crippen LogP contribution in [0, 0.1) is 5.82 Å². The van der Waals surface area contributed by atoms with Gasteiger partial charge in [-0.25, -0.2) is 4.39 Å². The molecule has 1 aromatic rings. The molecule has 5 heteroatoms. The van der Waals surface area contributed by atoms with Crippen molar-refractivity contribution in [3.05, 3.63) is 35.6 Å². The van der Waals surface area contributed by atoms with E-state index in [1.807, 2.05) is 0 Å². The molecule has 0 heterocycles. The topological polar surface area (TPSA) is 52.9 Å². The summed E-state index contributed by atoms with van der Waals surface area (Å²) in [7, 11) is 3.32. The average molecular weight is 257 g/mol. The zero-order valence-electron chi connectivity index (χ0n) is 10.7. The summed E-state index contributed by atoms with van der Waals surface area (Å²) in [5, 5.41) is 19.5. The second kappa shape index (κ2) is 7.43. The minimum Gasteiger partial charge on any atom is -0.389 e. The number of hydrogen-bond donors (Lipinski definition) is 2. The Bertz CT molecular complexity index is 345. The summed E-state index contributed by atoms with van der Waals surface area (Å²) >= 11 is 0. The Balaban J connectivity index is 2.43. The van der Waals surface area contributed by atoms with E-state index in [2.05, 4.69) is 0 Å². The second-order valence-corrected chi connectivity index (χ2v) is 4.40. The summed E-state index contributed by atoms with van der Waals surface area (Å²) in [5.74, 6) is -0.324. The van der Waals surface area contributed by atoms with Crippen LogP contribution in [0.4, 0.5) is 4.39 Å². The van der Waals surface area contributed by atoms with Gasteiger partial charge in [0.15, 0.2) is 0 Å². The van der Waals surface area contributed by atoms with Crippen LogP contribution in [0.3, 0.4) is 0 Å². The maximum Gasteiger partial charge on any atom is 0.123 e. The molecule has 102 valence electrons. The van der Waals surface area contributed by atoms with Crippen LogP contribution in [0.1, 0.15) is 11.7 Å². The lowest BCUT2D eigenvalue weighted by molar-refractivity contribution is 0.0318. The number of methoxy groups -OCH3 is 1. The van der Waals surface area contributed by atoms with Gasteiger partial charge in [-0.05, 0) is 24.7 Å². The molecule has 4 nitrogen and oxygen atoms in total. The number of nitrogens with zero attached hydrogens (tertiary/aromatic N) is 1. The Morgan fingerprint density at radius 1 is 1.22 bits per heavy atom. The normalized spacial score (nSPS) is 14.8. The van der Waals surface area contributed by atoms with Gasteiger partial charge in [-0.1, -0.05) is 12.1 Å². The zero-order chi connectivity index (χ0) is 13.5. The molecule has 18 heavy (non-hydrogen) atoms. The lowest BCUT2D eigenvalue weighted by Crippen LogP contribution is -2.34. The monoisotopic (exact) mass is 257 g/mol. The maximum absolute atomic E-state index is 12.7. The molecule has 0 saturated heterocycles. The third-order valence-corrected chi connectivity index (χ3v) is 2.62. The van der Waals surface area contributed by atoms with Gasteiger partial charge in [0.25, 0.3) is 0 Å². The van der Waals surface area contributed by atoms with Crippen LogP contribution in [0.25, 0.3) is 0 Å². The highest BCUT2D eigenvalue weighted by atomic mass is 19.1. The van der Waals surface area contributed by atoms with Crippen molar-refractivity contribution in [1.29, 1.82) is 0 Å². The Morgan fingerprint density at radius 2 is 1.83 bits per heavy atom. The smallest absolute Gasteiger partial charge is 0.123 e. The van der Waals surface area contributed by atoms with Crippen LogP contribution in [0.2, 0.25) is 0 Å². The summed E-state index contributed by atoms with van der Waals surface area (Å²) in [5.41, 5.74) is 0.657. The summed E-state index contributed by atoms with van der Waals surface area (Å²) in [6.45, 7) is 1.04. The zero-order valence-corrected chi connectivity index (χ0v) is 10.7. The van der Waals surface area contributed by atoms with Crippen molar-refractivity contribution in [2.24, 2.45) is 0 Å². The highest BCUT2D eigenvalue weighted by Gasteiger charge is 2.13. The van der Waals surface area contributed by atoms with Crippen molar-refractivity contribution in [1.82, 2.24) is 4.90 Å². The fourth-order valence-corrected chi connectivity index (χ4v) is 1.76. The third-order valence-electron chi connectivity index (χ3n) is 2.62. The first-order valence-electron chi connectivity index (χ1n) is 5.82. The minimum atomic E-state index is -0.703. The van der Waals surface area contributed by atoms with Gasteiger partial charge < -0.3 is 19.8 Å². The van der Waals surface area contributed by atoms with Gasteiger partial charge in [0, 0.05) is 20.2 Å². The summed E-state index contributed by atoms with van der Waals surface area (Å²) in [6.07, 6.45) is -1.29. The van der Waals surface area contributed by atoms with E-state index < -0.39 is 12.2 Å². The van der Waals surface area contributed by atoms with Crippen LogP contribution < -0.4 is 0 Å². The van der Waals surface area contributed by atoms with Gasteiger partial charge in [0.1, 0.15) is 5.82 Å². The van der Waals surface area contributed by atoms with Crippen LogP contribution in [-0.2, 0) is 4.74 Å². The van der Waals surface area contributed by atoms with Gasteiger partial charge >= 0.3 is 0 Å². The van der Waals surface area contributed by atoms with Gasteiger partial charge in [0.05, 0.1) is 18.8 Å². The quantitative estimate of drug-likeness (QED) is 0.758. The number of likely N-dealkylation sites (N-methyl/N-ethyl adjacent to an activating group) is 1. The van der Waals surface area contributed by atoms with Gasteiger partial charge in [-0.2, -0.15) is 0 Å². The van der Waals surface area contributed by atoms with Crippen LogP contribution in [0.15, 0.2) is 24.3 Å². The predicted octanol–water partition coefficient (Wildman–Crippen LogP) is 0.798. The standard InChI is InChI=1S/C13H20FNO3/c1-15(7-12(16)9-18-2)8-13(17)10-3-5-11(14)6-4-10/h3-6,12-13,16-17H,7-9H2,1-2H3/t12-,13-/m1/s1. The first-order valence-corrected chi connectivity index (χ1v) is 5.82. The van der Waals surface area contributed by atoms with E-state index >= 15 is 0 Å². The second-order valence-electron chi connectivity index (χ2n) is 4.40. The van der Waals surface area contributed by atoms with Crippen LogP contribution in [-0.4, -0.2) is 55.1 Å². The number of aliphatic hydroxyl groups is 2. The summed E-state index contributed by atoms with van der Waals surface area (Å²) in [6, 6.07) is 5.75. The fraction of sp³-hybridized carbons (Fsp3) is 0.538. The Kier molecular flexibility index (Phi) is 6.21. The van der Waals surface area contributed by atoms with E-state index in [9.17, 15) is 14.6 Å². The van der Waals surface area contributed by atoms with E-state index in [1.54, 1.807) is 24.1 Å². The Labute approximate surface area is 107 Å². The van der Waals surface area contributed by atoms with Crippen molar-refractivity contribution < 1.29 is 19.3 Å². The highest BCUT2D eigenvalue weighted by Crippen LogP contribution is 2.14. The maximum atomic E-state index is 12.7. The average Bonchev–Trinajstić information content (AvgIpc) is 2.29. The molecular formula is C13H20FNO3. The number of aliphatic hydroxyl groups excluding tert-OH is 2. The fourth-order valence-electron chi connectivity index (χ4n) is 1.76. The van der Waals surface area contributed by atoms with Crippen molar-refractivity contribution in [2.75, 3.05) is 33.9 Å². The number of benzene rings is 1. The third kappa shape index (κ3) is 5.10. The Hall–Kier alpha value is -1.01. The lowest BCUT2D eigenvalue weighted by atomic mass is 10.1. The van der Waals surface area contributed by atoms with E-state index in [1.165, 1.54) is 19.2 Å².